The summed E-state index contributed by atoms with van der Waals surface area (Å²) in [6.07, 6.45) is 0.300. The molecular weight excluding hydrogens is 404 g/mol. The van der Waals surface area contributed by atoms with Gasteiger partial charge in [0.2, 0.25) is 5.91 Å². The van der Waals surface area contributed by atoms with Crippen molar-refractivity contribution in [2.75, 3.05) is 39.8 Å². The molecule has 0 spiro atoms. The number of thiazole rings is 1. The van der Waals surface area contributed by atoms with Gasteiger partial charge in [-0.25, -0.2) is 4.98 Å². The second kappa shape index (κ2) is 10.2. The van der Waals surface area contributed by atoms with Gasteiger partial charge in [0.05, 0.1) is 18.2 Å². The Balaban J connectivity index is 1.41. The minimum absolute atomic E-state index is 0.0173. The summed E-state index contributed by atoms with van der Waals surface area (Å²) in [5.41, 5.74) is 4.30. The first-order chi connectivity index (χ1) is 15.1. The van der Waals surface area contributed by atoms with Crippen LogP contribution in [0.15, 0.2) is 60.0 Å². The predicted octanol–water partition coefficient (Wildman–Crippen LogP) is 3.77. The zero-order chi connectivity index (χ0) is 21.6. The van der Waals surface area contributed by atoms with Gasteiger partial charge in [0.1, 0.15) is 5.01 Å². The van der Waals surface area contributed by atoms with Gasteiger partial charge in [0.25, 0.3) is 0 Å². The van der Waals surface area contributed by atoms with E-state index in [1.807, 2.05) is 23.6 Å². The normalized spacial score (nSPS) is 16.2. The molecule has 1 amide bonds. The van der Waals surface area contributed by atoms with Crippen molar-refractivity contribution in [1.29, 1.82) is 0 Å². The lowest BCUT2D eigenvalue weighted by Crippen LogP contribution is -2.48. The largest absolute Gasteiger partial charge is 0.348 e. The van der Waals surface area contributed by atoms with Crippen molar-refractivity contribution in [2.24, 2.45) is 0 Å². The van der Waals surface area contributed by atoms with Gasteiger partial charge in [-0.3, -0.25) is 9.69 Å². The number of aryl methyl sites for hydroxylation is 1. The van der Waals surface area contributed by atoms with E-state index in [4.69, 9.17) is 4.98 Å². The molecule has 0 radical (unpaired) electrons. The van der Waals surface area contributed by atoms with Gasteiger partial charge in [0.15, 0.2) is 0 Å². The highest BCUT2D eigenvalue weighted by Gasteiger charge is 2.21. The first-order valence-corrected chi connectivity index (χ1v) is 11.7. The van der Waals surface area contributed by atoms with E-state index in [9.17, 15) is 4.79 Å². The Morgan fingerprint density at radius 1 is 1.06 bits per heavy atom. The molecule has 2 aromatic carbocycles. The van der Waals surface area contributed by atoms with Crippen molar-refractivity contribution < 1.29 is 4.79 Å². The van der Waals surface area contributed by atoms with E-state index in [-0.39, 0.29) is 11.9 Å². The molecule has 2 heterocycles. The van der Waals surface area contributed by atoms with Crippen LogP contribution in [0, 0.1) is 6.92 Å². The molecule has 3 aromatic rings. The number of aromatic nitrogens is 1. The predicted molar refractivity (Wildman–Crippen MR) is 127 cm³/mol. The fraction of sp³-hybridized carbons (Fsp3) is 0.360. The minimum Gasteiger partial charge on any atom is -0.348 e. The number of amides is 1. The summed E-state index contributed by atoms with van der Waals surface area (Å²) in [6, 6.07) is 18.6. The average molecular weight is 435 g/mol. The highest BCUT2D eigenvalue weighted by molar-refractivity contribution is 7.13. The van der Waals surface area contributed by atoms with Crippen LogP contribution in [0.25, 0.3) is 10.6 Å². The number of nitrogens with one attached hydrogen (secondary N) is 1. The van der Waals surface area contributed by atoms with Crippen LogP contribution in [0.3, 0.4) is 0 Å². The molecule has 1 N–H and O–H groups in total. The van der Waals surface area contributed by atoms with Gasteiger partial charge in [0, 0.05) is 43.7 Å². The number of hydrogen-bond donors (Lipinski definition) is 1. The van der Waals surface area contributed by atoms with Crippen LogP contribution in [0.4, 0.5) is 0 Å². The molecule has 1 fully saturated rings. The van der Waals surface area contributed by atoms with Crippen LogP contribution in [-0.2, 0) is 11.2 Å². The van der Waals surface area contributed by atoms with Crippen molar-refractivity contribution in [3.05, 3.63) is 76.8 Å². The molecule has 1 aliphatic heterocycles. The summed E-state index contributed by atoms with van der Waals surface area (Å²) in [5.74, 6) is 0.0173. The molecule has 1 saturated heterocycles. The topological polar surface area (TPSA) is 48.5 Å². The number of carbonyl (C=O) groups is 1. The second-order valence-corrected chi connectivity index (χ2v) is 9.18. The molecule has 31 heavy (non-hydrogen) atoms. The molecule has 1 aliphatic rings. The zero-order valence-corrected chi connectivity index (χ0v) is 19.1. The molecule has 1 unspecified atom stereocenters. The summed E-state index contributed by atoms with van der Waals surface area (Å²) < 4.78 is 0. The number of hydrogen-bond acceptors (Lipinski definition) is 5. The molecule has 0 aliphatic carbocycles. The number of likely N-dealkylation sites (N-methyl/N-ethyl adjacent to an activating group) is 1. The fourth-order valence-corrected chi connectivity index (χ4v) is 4.66. The molecule has 5 nitrogen and oxygen atoms in total. The smallest absolute Gasteiger partial charge is 0.226 e. The van der Waals surface area contributed by atoms with E-state index in [0.717, 1.165) is 54.6 Å². The maximum Gasteiger partial charge on any atom is 0.226 e. The fourth-order valence-electron chi connectivity index (χ4n) is 3.84. The monoisotopic (exact) mass is 434 g/mol. The lowest BCUT2D eigenvalue weighted by atomic mass is 10.1. The Morgan fingerprint density at radius 2 is 1.77 bits per heavy atom. The number of piperazine rings is 1. The molecule has 6 heteroatoms. The lowest BCUT2D eigenvalue weighted by molar-refractivity contribution is -0.121. The molecule has 1 atom stereocenters. The Labute approximate surface area is 188 Å². The molecular formula is C25H30N4OS. The molecule has 4 rings (SSSR count). The zero-order valence-electron chi connectivity index (χ0n) is 18.3. The summed E-state index contributed by atoms with van der Waals surface area (Å²) in [4.78, 5) is 22.4. The maximum absolute atomic E-state index is 12.9. The molecule has 1 aromatic heterocycles. The first-order valence-electron chi connectivity index (χ1n) is 10.8. The van der Waals surface area contributed by atoms with Crippen LogP contribution >= 0.6 is 11.3 Å². The lowest BCUT2D eigenvalue weighted by Gasteiger charge is -2.35. The molecule has 162 valence electrons. The van der Waals surface area contributed by atoms with Crippen LogP contribution in [-0.4, -0.2) is 60.5 Å². The van der Waals surface area contributed by atoms with Gasteiger partial charge in [-0.2, -0.15) is 0 Å². The van der Waals surface area contributed by atoms with Crippen LogP contribution < -0.4 is 5.32 Å². The second-order valence-electron chi connectivity index (χ2n) is 8.32. The number of rotatable bonds is 7. The third kappa shape index (κ3) is 6.00. The van der Waals surface area contributed by atoms with Gasteiger partial charge in [-0.1, -0.05) is 60.2 Å². The van der Waals surface area contributed by atoms with E-state index < -0.39 is 0 Å². The van der Waals surface area contributed by atoms with Crippen LogP contribution in [0.5, 0.6) is 0 Å². The quantitative estimate of drug-likeness (QED) is 0.615. The Kier molecular flexibility index (Phi) is 7.12. The average Bonchev–Trinajstić information content (AvgIpc) is 3.24. The van der Waals surface area contributed by atoms with Crippen molar-refractivity contribution in [2.45, 2.75) is 19.4 Å². The Bertz CT molecular complexity index is 978. The third-order valence-electron chi connectivity index (χ3n) is 5.77. The van der Waals surface area contributed by atoms with Crippen molar-refractivity contribution in [1.82, 2.24) is 20.1 Å². The van der Waals surface area contributed by atoms with E-state index in [1.54, 1.807) is 11.3 Å². The van der Waals surface area contributed by atoms with Gasteiger partial charge in [-0.05, 0) is 19.5 Å². The number of carbonyl (C=O) groups excluding carboxylic acids is 1. The summed E-state index contributed by atoms with van der Waals surface area (Å²) in [5, 5.41) is 6.22. The van der Waals surface area contributed by atoms with Crippen molar-refractivity contribution in [3.8, 4) is 10.6 Å². The van der Waals surface area contributed by atoms with Crippen LogP contribution in [0.1, 0.15) is 22.9 Å². The number of benzene rings is 2. The maximum atomic E-state index is 12.9. The van der Waals surface area contributed by atoms with Crippen molar-refractivity contribution >= 4 is 17.2 Å². The van der Waals surface area contributed by atoms with E-state index in [0.29, 0.717) is 6.42 Å². The van der Waals surface area contributed by atoms with Gasteiger partial charge in [-0.15, -0.1) is 11.3 Å². The van der Waals surface area contributed by atoms with Crippen LogP contribution in [0.2, 0.25) is 0 Å². The van der Waals surface area contributed by atoms with E-state index in [1.165, 1.54) is 5.56 Å². The minimum atomic E-state index is -0.0210. The third-order valence-corrected chi connectivity index (χ3v) is 6.71. The van der Waals surface area contributed by atoms with Gasteiger partial charge >= 0.3 is 0 Å². The summed E-state index contributed by atoms with van der Waals surface area (Å²) in [7, 11) is 2.16. The van der Waals surface area contributed by atoms with Crippen molar-refractivity contribution in [3.63, 3.8) is 0 Å². The molecule has 0 saturated carbocycles. The highest BCUT2D eigenvalue weighted by Crippen LogP contribution is 2.24. The Morgan fingerprint density at radius 3 is 2.48 bits per heavy atom. The highest BCUT2D eigenvalue weighted by atomic mass is 32.1. The van der Waals surface area contributed by atoms with E-state index in [2.05, 4.69) is 65.5 Å². The summed E-state index contributed by atoms with van der Waals surface area (Å²) in [6.45, 7) is 7.09. The van der Waals surface area contributed by atoms with E-state index >= 15 is 0 Å². The first kappa shape index (κ1) is 21.7. The van der Waals surface area contributed by atoms with Gasteiger partial charge < -0.3 is 10.2 Å². The standard InChI is InChI=1S/C25H30N4OS/c1-19-8-10-21(11-9-19)25-26-22(18-31-25)16-24(30)27-23(20-6-4-3-5-7-20)17-29-14-12-28(2)13-15-29/h3-11,18,23H,12-17H2,1-2H3,(H,27,30). The number of nitrogens with zero attached hydrogens (tertiary/aromatic N) is 3. The SMILES string of the molecule is Cc1ccc(-c2nc(CC(=O)NC(CN3CCN(C)CC3)c3ccccc3)cs2)cc1. The Hall–Kier alpha value is -2.54. The molecule has 0 bridgehead atoms. The summed E-state index contributed by atoms with van der Waals surface area (Å²) >= 11 is 1.59.